The van der Waals surface area contributed by atoms with Crippen LogP contribution in [0.25, 0.3) is 0 Å². The predicted molar refractivity (Wildman–Crippen MR) is 78.9 cm³/mol. The molecule has 1 saturated heterocycles. The highest BCUT2D eigenvalue weighted by Gasteiger charge is 2.20. The SMILES string of the molecule is CCOC1CCN(c2ccc(C(C)O)c(Cl)c2)CC1. The molecular weight excluding hydrogens is 262 g/mol. The maximum atomic E-state index is 9.58. The summed E-state index contributed by atoms with van der Waals surface area (Å²) in [5, 5.41) is 10.2. The molecule has 0 aliphatic carbocycles. The van der Waals surface area contributed by atoms with Gasteiger partial charge in [0.15, 0.2) is 0 Å². The van der Waals surface area contributed by atoms with Gasteiger partial charge in [-0.25, -0.2) is 0 Å². The van der Waals surface area contributed by atoms with Crippen molar-refractivity contribution >= 4 is 17.3 Å². The van der Waals surface area contributed by atoms with Crippen LogP contribution in [0.3, 0.4) is 0 Å². The van der Waals surface area contributed by atoms with E-state index in [4.69, 9.17) is 16.3 Å². The molecule has 0 aromatic heterocycles. The summed E-state index contributed by atoms with van der Waals surface area (Å²) in [6.07, 6.45) is 1.99. The van der Waals surface area contributed by atoms with Crippen molar-refractivity contribution in [1.82, 2.24) is 0 Å². The van der Waals surface area contributed by atoms with Crippen molar-refractivity contribution in [1.29, 1.82) is 0 Å². The third-order valence-electron chi connectivity index (χ3n) is 3.64. The monoisotopic (exact) mass is 283 g/mol. The lowest BCUT2D eigenvalue weighted by Gasteiger charge is -2.33. The number of anilines is 1. The Morgan fingerprint density at radius 2 is 2.11 bits per heavy atom. The topological polar surface area (TPSA) is 32.7 Å². The Labute approximate surface area is 120 Å². The van der Waals surface area contributed by atoms with Crippen molar-refractivity contribution in [3.05, 3.63) is 28.8 Å². The zero-order valence-corrected chi connectivity index (χ0v) is 12.4. The second kappa shape index (κ2) is 6.60. The summed E-state index contributed by atoms with van der Waals surface area (Å²) in [6.45, 7) is 6.55. The third kappa shape index (κ3) is 3.62. The first-order valence-corrected chi connectivity index (χ1v) is 7.33. The highest BCUT2D eigenvalue weighted by atomic mass is 35.5. The van der Waals surface area contributed by atoms with Gasteiger partial charge in [-0.3, -0.25) is 0 Å². The summed E-state index contributed by atoms with van der Waals surface area (Å²) in [7, 11) is 0. The van der Waals surface area contributed by atoms with Crippen LogP contribution in [-0.4, -0.2) is 30.9 Å². The average molecular weight is 284 g/mol. The molecule has 0 radical (unpaired) electrons. The Morgan fingerprint density at radius 1 is 1.42 bits per heavy atom. The summed E-state index contributed by atoms with van der Waals surface area (Å²) in [4.78, 5) is 2.33. The summed E-state index contributed by atoms with van der Waals surface area (Å²) in [5.41, 5.74) is 1.92. The van der Waals surface area contributed by atoms with Crippen molar-refractivity contribution in [2.24, 2.45) is 0 Å². The maximum Gasteiger partial charge on any atom is 0.0776 e. The smallest absolute Gasteiger partial charge is 0.0776 e. The maximum absolute atomic E-state index is 9.58. The second-order valence-electron chi connectivity index (χ2n) is 5.02. The van der Waals surface area contributed by atoms with E-state index in [9.17, 15) is 5.11 Å². The second-order valence-corrected chi connectivity index (χ2v) is 5.43. The first-order chi connectivity index (χ1) is 9.11. The minimum Gasteiger partial charge on any atom is -0.389 e. The van der Waals surface area contributed by atoms with E-state index in [-0.39, 0.29) is 0 Å². The number of ether oxygens (including phenoxy) is 1. The molecule has 3 nitrogen and oxygen atoms in total. The number of hydrogen-bond donors (Lipinski definition) is 1. The molecule has 4 heteroatoms. The lowest BCUT2D eigenvalue weighted by Crippen LogP contribution is -2.37. The highest BCUT2D eigenvalue weighted by Crippen LogP contribution is 2.29. The minimum absolute atomic E-state index is 0.397. The van der Waals surface area contributed by atoms with Crippen molar-refractivity contribution in [2.75, 3.05) is 24.6 Å². The molecule has 1 aromatic carbocycles. The molecule has 106 valence electrons. The fraction of sp³-hybridized carbons (Fsp3) is 0.600. The van der Waals surface area contributed by atoms with E-state index in [0.717, 1.165) is 43.8 Å². The van der Waals surface area contributed by atoms with Crippen LogP contribution < -0.4 is 4.90 Å². The largest absolute Gasteiger partial charge is 0.389 e. The van der Waals surface area contributed by atoms with Crippen LogP contribution >= 0.6 is 11.6 Å². The lowest BCUT2D eigenvalue weighted by atomic mass is 10.1. The quantitative estimate of drug-likeness (QED) is 0.919. The van der Waals surface area contributed by atoms with Gasteiger partial charge in [-0.05, 0) is 44.4 Å². The Balaban J connectivity index is 2.02. The van der Waals surface area contributed by atoms with Crippen LogP contribution in [0.2, 0.25) is 5.02 Å². The van der Waals surface area contributed by atoms with E-state index in [0.29, 0.717) is 11.1 Å². The van der Waals surface area contributed by atoms with Crippen molar-refractivity contribution in [2.45, 2.75) is 38.9 Å². The number of piperidine rings is 1. The van der Waals surface area contributed by atoms with Crippen LogP contribution in [0.15, 0.2) is 18.2 Å². The molecule has 1 unspecified atom stereocenters. The zero-order chi connectivity index (χ0) is 13.8. The molecule has 1 aromatic rings. The average Bonchev–Trinajstić information content (AvgIpc) is 2.39. The van der Waals surface area contributed by atoms with Crippen LogP contribution in [0.4, 0.5) is 5.69 Å². The van der Waals surface area contributed by atoms with Gasteiger partial charge in [0.25, 0.3) is 0 Å². The Kier molecular flexibility index (Phi) is 5.08. The Bertz CT molecular complexity index is 415. The molecule has 19 heavy (non-hydrogen) atoms. The molecule has 0 saturated carbocycles. The van der Waals surface area contributed by atoms with E-state index >= 15 is 0 Å². The van der Waals surface area contributed by atoms with Crippen molar-refractivity contribution in [3.63, 3.8) is 0 Å². The summed E-state index contributed by atoms with van der Waals surface area (Å²) >= 11 is 6.21. The van der Waals surface area contributed by atoms with Gasteiger partial charge < -0.3 is 14.7 Å². The number of aliphatic hydroxyl groups is 1. The lowest BCUT2D eigenvalue weighted by molar-refractivity contribution is 0.0459. The van der Waals surface area contributed by atoms with E-state index in [1.54, 1.807) is 6.92 Å². The molecule has 1 aliphatic rings. The molecule has 1 aliphatic heterocycles. The standard InChI is InChI=1S/C15H22ClNO2/c1-3-19-13-6-8-17(9-7-13)12-4-5-14(11(2)18)15(16)10-12/h4-5,10-11,13,18H,3,6-9H2,1-2H3. The van der Waals surface area contributed by atoms with Gasteiger partial charge in [-0.2, -0.15) is 0 Å². The first-order valence-electron chi connectivity index (χ1n) is 6.96. The molecule has 0 bridgehead atoms. The number of nitrogens with zero attached hydrogens (tertiary/aromatic N) is 1. The number of rotatable bonds is 4. The molecule has 0 amide bonds. The zero-order valence-electron chi connectivity index (χ0n) is 11.6. The summed E-state index contributed by atoms with van der Waals surface area (Å²) in [6, 6.07) is 5.90. The van der Waals surface area contributed by atoms with Gasteiger partial charge in [-0.1, -0.05) is 17.7 Å². The van der Waals surface area contributed by atoms with E-state index in [1.807, 2.05) is 25.1 Å². The van der Waals surface area contributed by atoms with E-state index < -0.39 is 6.10 Å². The fourth-order valence-electron chi connectivity index (χ4n) is 2.57. The molecule has 1 heterocycles. The number of halogens is 1. The number of benzene rings is 1. The fourth-order valence-corrected chi connectivity index (χ4v) is 2.90. The number of hydrogen-bond acceptors (Lipinski definition) is 3. The molecular formula is C15H22ClNO2. The molecule has 2 rings (SSSR count). The molecule has 1 atom stereocenters. The normalized spacial score (nSPS) is 18.6. The van der Waals surface area contributed by atoms with Crippen LogP contribution in [0.5, 0.6) is 0 Å². The van der Waals surface area contributed by atoms with Crippen LogP contribution in [0.1, 0.15) is 38.4 Å². The van der Waals surface area contributed by atoms with Crippen molar-refractivity contribution in [3.8, 4) is 0 Å². The van der Waals surface area contributed by atoms with Gasteiger partial charge in [0.2, 0.25) is 0 Å². The van der Waals surface area contributed by atoms with E-state index in [1.165, 1.54) is 0 Å². The van der Waals surface area contributed by atoms with Gasteiger partial charge >= 0.3 is 0 Å². The third-order valence-corrected chi connectivity index (χ3v) is 3.97. The number of aliphatic hydroxyl groups excluding tert-OH is 1. The van der Waals surface area contributed by atoms with Gasteiger partial charge in [-0.15, -0.1) is 0 Å². The molecule has 1 fully saturated rings. The summed E-state index contributed by atoms with van der Waals surface area (Å²) < 4.78 is 5.66. The van der Waals surface area contributed by atoms with Crippen molar-refractivity contribution < 1.29 is 9.84 Å². The predicted octanol–water partition coefficient (Wildman–Crippen LogP) is 3.40. The van der Waals surface area contributed by atoms with Gasteiger partial charge in [0.05, 0.1) is 12.2 Å². The highest BCUT2D eigenvalue weighted by molar-refractivity contribution is 6.31. The molecule has 1 N–H and O–H groups in total. The Hall–Kier alpha value is -0.770. The first kappa shape index (κ1) is 14.6. The summed E-state index contributed by atoms with van der Waals surface area (Å²) in [5.74, 6) is 0. The van der Waals surface area contributed by atoms with Gasteiger partial charge in [0, 0.05) is 30.4 Å². The van der Waals surface area contributed by atoms with Crippen LogP contribution in [-0.2, 0) is 4.74 Å². The van der Waals surface area contributed by atoms with Crippen LogP contribution in [0, 0.1) is 0 Å². The molecule has 0 spiro atoms. The van der Waals surface area contributed by atoms with E-state index in [2.05, 4.69) is 4.90 Å². The Morgan fingerprint density at radius 3 is 2.63 bits per heavy atom. The van der Waals surface area contributed by atoms with Gasteiger partial charge in [0.1, 0.15) is 0 Å². The minimum atomic E-state index is -0.523.